The minimum atomic E-state index is -4.50. The topological polar surface area (TPSA) is 55.8 Å². The Kier molecular flexibility index (Phi) is 7.95. The van der Waals surface area contributed by atoms with Crippen LogP contribution in [0.15, 0.2) is 22.7 Å². The number of nitrogens with zero attached hydrogens (tertiary/aromatic N) is 1. The third-order valence-corrected chi connectivity index (χ3v) is 5.35. The molecule has 1 aliphatic heterocycles. The molecule has 1 aliphatic rings. The average molecular weight is 522 g/mol. The number of likely N-dealkylation sites (tertiary alicyclic amines) is 1. The Morgan fingerprint density at radius 3 is 2.19 bits per heavy atom. The van der Waals surface area contributed by atoms with Crippen molar-refractivity contribution in [1.29, 1.82) is 0 Å². The second-order valence-electron chi connectivity index (χ2n) is 10.2. The molecule has 1 saturated heterocycles. The molecule has 0 N–H and O–H groups in total. The molecular weight excluding hydrogens is 491 g/mol. The number of carbonyl (C=O) groups excluding carboxylic acids is 2. The van der Waals surface area contributed by atoms with Crippen LogP contribution in [0.1, 0.15) is 59.1 Å². The SMILES string of the molecule is CC(C)(C)OC(=O)[C@@H](Cc1cc(Br)cc(C(F)(F)F)c1)[C@H]1CCN(C(=O)OC(C)(C)C)C1. The summed E-state index contributed by atoms with van der Waals surface area (Å²) in [5.74, 6) is -1.44. The highest BCUT2D eigenvalue weighted by Crippen LogP contribution is 2.35. The largest absolute Gasteiger partial charge is 0.460 e. The second-order valence-corrected chi connectivity index (χ2v) is 11.1. The van der Waals surface area contributed by atoms with Gasteiger partial charge in [-0.2, -0.15) is 13.2 Å². The van der Waals surface area contributed by atoms with Crippen molar-refractivity contribution in [3.8, 4) is 0 Å². The standard InChI is InChI=1S/C23H31BrF3NO4/c1-21(2,3)31-19(29)18(11-14-9-16(23(25,26)27)12-17(24)10-14)15-7-8-28(13-15)20(30)32-22(4,5)6/h9-10,12,15,18H,7-8,11,13H2,1-6H3/t15-,18-/m0/s1. The molecule has 0 spiro atoms. The molecule has 1 fully saturated rings. The lowest BCUT2D eigenvalue weighted by atomic mass is 9.85. The number of halogens is 4. The molecule has 1 heterocycles. The molecule has 0 aliphatic carbocycles. The summed E-state index contributed by atoms with van der Waals surface area (Å²) >= 11 is 3.14. The Hall–Kier alpha value is -1.77. The normalized spacial score (nSPS) is 18.4. The molecule has 0 radical (unpaired) electrons. The van der Waals surface area contributed by atoms with Crippen molar-refractivity contribution in [2.45, 2.75) is 71.8 Å². The summed E-state index contributed by atoms with van der Waals surface area (Å²) in [7, 11) is 0. The minimum Gasteiger partial charge on any atom is -0.460 e. The number of hydrogen-bond acceptors (Lipinski definition) is 4. The molecule has 5 nitrogen and oxygen atoms in total. The van der Waals surface area contributed by atoms with Crippen molar-refractivity contribution in [3.63, 3.8) is 0 Å². The third-order valence-electron chi connectivity index (χ3n) is 4.90. The van der Waals surface area contributed by atoms with Crippen LogP contribution in [0.25, 0.3) is 0 Å². The van der Waals surface area contributed by atoms with E-state index in [0.717, 1.165) is 12.1 Å². The van der Waals surface area contributed by atoms with Crippen molar-refractivity contribution in [1.82, 2.24) is 4.90 Å². The van der Waals surface area contributed by atoms with Crippen LogP contribution in [-0.4, -0.2) is 41.3 Å². The molecule has 1 aromatic rings. The quantitative estimate of drug-likeness (QED) is 0.441. The van der Waals surface area contributed by atoms with Gasteiger partial charge < -0.3 is 14.4 Å². The fourth-order valence-electron chi connectivity index (χ4n) is 3.61. The summed E-state index contributed by atoms with van der Waals surface area (Å²) in [6, 6.07) is 3.64. The lowest BCUT2D eigenvalue weighted by molar-refractivity contribution is -0.162. The van der Waals surface area contributed by atoms with Gasteiger partial charge >= 0.3 is 18.2 Å². The molecule has 32 heavy (non-hydrogen) atoms. The van der Waals surface area contributed by atoms with Gasteiger partial charge in [-0.3, -0.25) is 4.79 Å². The highest BCUT2D eigenvalue weighted by molar-refractivity contribution is 9.10. The zero-order chi connectivity index (χ0) is 24.5. The van der Waals surface area contributed by atoms with E-state index in [1.807, 2.05) is 0 Å². The van der Waals surface area contributed by atoms with Crippen LogP contribution >= 0.6 is 15.9 Å². The fourth-order valence-corrected chi connectivity index (χ4v) is 4.15. The van der Waals surface area contributed by atoms with Gasteiger partial charge in [0.25, 0.3) is 0 Å². The number of carbonyl (C=O) groups is 2. The Balaban J connectivity index is 2.28. The van der Waals surface area contributed by atoms with Crippen molar-refractivity contribution in [2.75, 3.05) is 13.1 Å². The molecule has 1 aromatic carbocycles. The molecule has 0 unspecified atom stereocenters. The second kappa shape index (κ2) is 9.61. The van der Waals surface area contributed by atoms with Crippen LogP contribution in [0.5, 0.6) is 0 Å². The van der Waals surface area contributed by atoms with Gasteiger partial charge in [0.15, 0.2) is 0 Å². The van der Waals surface area contributed by atoms with Gasteiger partial charge in [0.05, 0.1) is 11.5 Å². The number of alkyl halides is 3. The van der Waals surface area contributed by atoms with Crippen molar-refractivity contribution in [2.24, 2.45) is 11.8 Å². The van der Waals surface area contributed by atoms with Gasteiger partial charge in [0.2, 0.25) is 0 Å². The van der Waals surface area contributed by atoms with E-state index in [1.165, 1.54) is 4.90 Å². The Morgan fingerprint density at radius 2 is 1.66 bits per heavy atom. The summed E-state index contributed by atoms with van der Waals surface area (Å²) in [4.78, 5) is 27.0. The highest BCUT2D eigenvalue weighted by Gasteiger charge is 2.39. The smallest absolute Gasteiger partial charge is 0.416 e. The van der Waals surface area contributed by atoms with Crippen molar-refractivity contribution in [3.05, 3.63) is 33.8 Å². The van der Waals surface area contributed by atoms with Crippen molar-refractivity contribution >= 4 is 28.0 Å². The van der Waals surface area contributed by atoms with Crippen LogP contribution in [0.4, 0.5) is 18.0 Å². The minimum absolute atomic E-state index is 0.0737. The first-order valence-corrected chi connectivity index (χ1v) is 11.3. The Morgan fingerprint density at radius 1 is 1.06 bits per heavy atom. The van der Waals surface area contributed by atoms with Crippen LogP contribution < -0.4 is 0 Å². The number of benzene rings is 1. The number of hydrogen-bond donors (Lipinski definition) is 0. The van der Waals surface area contributed by atoms with Crippen LogP contribution in [0.2, 0.25) is 0 Å². The molecule has 9 heteroatoms. The summed E-state index contributed by atoms with van der Waals surface area (Å²) < 4.78 is 51.1. The highest BCUT2D eigenvalue weighted by atomic mass is 79.9. The monoisotopic (exact) mass is 521 g/mol. The predicted octanol–water partition coefficient (Wildman–Crippen LogP) is 6.23. The average Bonchev–Trinajstić information content (AvgIpc) is 3.05. The van der Waals surface area contributed by atoms with Crippen molar-refractivity contribution < 1.29 is 32.2 Å². The summed E-state index contributed by atoms with van der Waals surface area (Å²) in [6.45, 7) is 11.2. The first-order chi connectivity index (χ1) is 14.4. The van der Waals surface area contributed by atoms with E-state index in [-0.39, 0.29) is 23.4 Å². The van der Waals surface area contributed by atoms with Gasteiger partial charge in [0, 0.05) is 17.6 Å². The summed E-state index contributed by atoms with van der Waals surface area (Å²) in [6.07, 6.45) is -4.36. The Bertz CT molecular complexity index is 843. The number of ether oxygens (including phenoxy) is 2. The van der Waals surface area contributed by atoms with E-state index < -0.39 is 40.9 Å². The van der Waals surface area contributed by atoms with E-state index in [2.05, 4.69) is 15.9 Å². The molecule has 180 valence electrons. The maximum atomic E-state index is 13.3. The van der Waals surface area contributed by atoms with Gasteiger partial charge in [0.1, 0.15) is 11.2 Å². The molecule has 0 aromatic heterocycles. The molecule has 0 bridgehead atoms. The predicted molar refractivity (Wildman–Crippen MR) is 118 cm³/mol. The van der Waals surface area contributed by atoms with Gasteiger partial charge in [-0.1, -0.05) is 15.9 Å². The van der Waals surface area contributed by atoms with E-state index in [0.29, 0.717) is 18.5 Å². The molecule has 0 saturated carbocycles. The van der Waals surface area contributed by atoms with E-state index in [1.54, 1.807) is 47.6 Å². The number of esters is 1. The molecular formula is C23H31BrF3NO4. The molecule has 2 atom stereocenters. The zero-order valence-electron chi connectivity index (χ0n) is 19.3. The van der Waals surface area contributed by atoms with Crippen LogP contribution in [0.3, 0.4) is 0 Å². The van der Waals surface area contributed by atoms with E-state index in [9.17, 15) is 22.8 Å². The maximum Gasteiger partial charge on any atom is 0.416 e. The first kappa shape index (κ1) is 26.5. The van der Waals surface area contributed by atoms with Gasteiger partial charge in [-0.15, -0.1) is 0 Å². The van der Waals surface area contributed by atoms with Gasteiger partial charge in [-0.05, 0) is 84.1 Å². The number of amides is 1. The fraction of sp³-hybridized carbons (Fsp3) is 0.652. The summed E-state index contributed by atoms with van der Waals surface area (Å²) in [5, 5.41) is 0. The Labute approximate surface area is 195 Å². The maximum absolute atomic E-state index is 13.3. The van der Waals surface area contributed by atoms with Gasteiger partial charge in [-0.25, -0.2) is 4.79 Å². The number of rotatable bonds is 4. The van der Waals surface area contributed by atoms with Crippen LogP contribution in [-0.2, 0) is 26.9 Å². The molecule has 1 amide bonds. The van der Waals surface area contributed by atoms with E-state index in [4.69, 9.17) is 9.47 Å². The van der Waals surface area contributed by atoms with E-state index >= 15 is 0 Å². The summed E-state index contributed by atoms with van der Waals surface area (Å²) in [5.41, 5.74) is -1.80. The lowest BCUT2D eigenvalue weighted by Gasteiger charge is -2.28. The lowest BCUT2D eigenvalue weighted by Crippen LogP contribution is -2.38. The third kappa shape index (κ3) is 7.98. The first-order valence-electron chi connectivity index (χ1n) is 10.5. The zero-order valence-corrected chi connectivity index (χ0v) is 20.9. The van der Waals surface area contributed by atoms with Crippen LogP contribution in [0, 0.1) is 11.8 Å². The molecule has 2 rings (SSSR count).